The van der Waals surface area contributed by atoms with E-state index in [1.807, 2.05) is 49.5 Å². The number of rotatable bonds is 5. The Morgan fingerprint density at radius 2 is 1.62 bits per heavy atom. The molecule has 0 fully saturated rings. The van der Waals surface area contributed by atoms with Gasteiger partial charge in [0.25, 0.3) is 5.82 Å². The van der Waals surface area contributed by atoms with Gasteiger partial charge in [0.15, 0.2) is 17.2 Å². The molecule has 5 heteroatoms. The third kappa shape index (κ3) is 2.93. The standard InChI is InChI=1S/C19H20N2O3/c1-21-12-16(13-8-9-17(23-3)18(11-13)24-4)20-19(21)14-6-5-7-15(10-14)22-2/h5-12H,1-4H3/p+1. The molecule has 0 aliphatic rings. The first-order valence-electron chi connectivity index (χ1n) is 7.61. The molecule has 0 saturated carbocycles. The van der Waals surface area contributed by atoms with Crippen molar-refractivity contribution in [2.24, 2.45) is 7.05 Å². The molecular weight excluding hydrogens is 304 g/mol. The maximum Gasteiger partial charge on any atom is 0.287 e. The van der Waals surface area contributed by atoms with Crippen molar-refractivity contribution in [2.45, 2.75) is 0 Å². The van der Waals surface area contributed by atoms with E-state index in [2.05, 4.69) is 15.7 Å². The molecule has 0 spiro atoms. The summed E-state index contributed by atoms with van der Waals surface area (Å²) in [6.45, 7) is 0. The summed E-state index contributed by atoms with van der Waals surface area (Å²) < 4.78 is 18.1. The van der Waals surface area contributed by atoms with Crippen molar-refractivity contribution in [2.75, 3.05) is 21.3 Å². The normalized spacial score (nSPS) is 10.5. The van der Waals surface area contributed by atoms with Crippen LogP contribution in [0.25, 0.3) is 22.6 Å². The van der Waals surface area contributed by atoms with Gasteiger partial charge in [0.2, 0.25) is 0 Å². The molecule has 0 radical (unpaired) electrons. The van der Waals surface area contributed by atoms with Crippen LogP contribution in [0.1, 0.15) is 0 Å². The van der Waals surface area contributed by atoms with Crippen molar-refractivity contribution < 1.29 is 18.8 Å². The third-order valence-corrected chi connectivity index (χ3v) is 3.97. The Morgan fingerprint density at radius 1 is 0.833 bits per heavy atom. The number of aromatic nitrogens is 2. The molecule has 1 heterocycles. The number of hydrogen-bond donors (Lipinski definition) is 1. The summed E-state index contributed by atoms with van der Waals surface area (Å²) in [5, 5.41) is 0. The third-order valence-electron chi connectivity index (χ3n) is 3.97. The van der Waals surface area contributed by atoms with Crippen molar-refractivity contribution in [3.05, 3.63) is 48.7 Å². The summed E-state index contributed by atoms with van der Waals surface area (Å²) in [6.07, 6.45) is 2.05. The first-order valence-corrected chi connectivity index (χ1v) is 7.61. The molecule has 3 aromatic rings. The molecule has 1 N–H and O–H groups in total. The van der Waals surface area contributed by atoms with E-state index in [4.69, 9.17) is 14.2 Å². The summed E-state index contributed by atoms with van der Waals surface area (Å²) in [5.74, 6) is 3.24. The quantitative estimate of drug-likeness (QED) is 0.733. The number of hydrogen-bond acceptors (Lipinski definition) is 3. The van der Waals surface area contributed by atoms with Gasteiger partial charge in [-0.15, -0.1) is 0 Å². The average Bonchev–Trinajstić information content (AvgIpc) is 3.02. The van der Waals surface area contributed by atoms with Crippen molar-refractivity contribution in [1.29, 1.82) is 0 Å². The van der Waals surface area contributed by atoms with Crippen LogP contribution in [0.4, 0.5) is 0 Å². The highest BCUT2D eigenvalue weighted by molar-refractivity contribution is 5.66. The Kier molecular flexibility index (Phi) is 4.42. The highest BCUT2D eigenvalue weighted by Gasteiger charge is 2.18. The lowest BCUT2D eigenvalue weighted by Gasteiger charge is -2.07. The minimum absolute atomic E-state index is 0.704. The number of nitrogens with one attached hydrogen (secondary N) is 1. The first-order chi connectivity index (χ1) is 11.7. The summed E-state index contributed by atoms with van der Waals surface area (Å²) in [6, 6.07) is 13.8. The van der Waals surface area contributed by atoms with Gasteiger partial charge in [0.1, 0.15) is 11.9 Å². The number of ether oxygens (including phenoxy) is 3. The Bertz CT molecular complexity index is 856. The number of aryl methyl sites for hydroxylation is 1. The Hall–Kier alpha value is -2.95. The molecule has 0 atom stereocenters. The molecule has 124 valence electrons. The fraction of sp³-hybridized carbons (Fsp3) is 0.211. The molecular formula is C19H21N2O3+. The number of aromatic amines is 1. The zero-order valence-corrected chi connectivity index (χ0v) is 14.3. The molecule has 0 amide bonds. The molecule has 0 unspecified atom stereocenters. The summed E-state index contributed by atoms with van der Waals surface area (Å²) in [7, 11) is 6.95. The van der Waals surface area contributed by atoms with E-state index in [9.17, 15) is 0 Å². The fourth-order valence-corrected chi connectivity index (χ4v) is 2.70. The van der Waals surface area contributed by atoms with E-state index >= 15 is 0 Å². The zero-order chi connectivity index (χ0) is 17.1. The van der Waals surface area contributed by atoms with E-state index in [-0.39, 0.29) is 0 Å². The highest BCUT2D eigenvalue weighted by atomic mass is 16.5. The maximum atomic E-state index is 5.39. The Morgan fingerprint density at radius 3 is 2.33 bits per heavy atom. The van der Waals surface area contributed by atoms with Crippen molar-refractivity contribution in [3.63, 3.8) is 0 Å². The minimum Gasteiger partial charge on any atom is -0.497 e. The number of nitrogens with zero attached hydrogens (tertiary/aromatic N) is 1. The van der Waals surface area contributed by atoms with Gasteiger partial charge >= 0.3 is 0 Å². The molecule has 0 saturated heterocycles. The molecule has 2 aromatic carbocycles. The van der Waals surface area contributed by atoms with Crippen LogP contribution in [0.3, 0.4) is 0 Å². The Labute approximate surface area is 141 Å². The predicted molar refractivity (Wildman–Crippen MR) is 92.5 cm³/mol. The molecule has 1 aromatic heterocycles. The number of imidazole rings is 1. The number of benzene rings is 2. The van der Waals surface area contributed by atoms with Crippen molar-refractivity contribution >= 4 is 0 Å². The topological polar surface area (TPSA) is 47.4 Å². The Balaban J connectivity index is 2.02. The second-order valence-electron chi connectivity index (χ2n) is 5.43. The second-order valence-corrected chi connectivity index (χ2v) is 5.43. The lowest BCUT2D eigenvalue weighted by Crippen LogP contribution is -2.27. The van der Waals surface area contributed by atoms with Crippen LogP contribution in [0.2, 0.25) is 0 Å². The van der Waals surface area contributed by atoms with Crippen LogP contribution in [0.5, 0.6) is 17.2 Å². The molecule has 0 bridgehead atoms. The summed E-state index contributed by atoms with van der Waals surface area (Å²) in [4.78, 5) is 3.47. The van der Waals surface area contributed by atoms with E-state index < -0.39 is 0 Å². The fourth-order valence-electron chi connectivity index (χ4n) is 2.70. The molecule has 5 nitrogen and oxygen atoms in total. The van der Waals surface area contributed by atoms with Crippen LogP contribution >= 0.6 is 0 Å². The van der Waals surface area contributed by atoms with Gasteiger partial charge in [-0.2, -0.15) is 0 Å². The summed E-state index contributed by atoms with van der Waals surface area (Å²) in [5.41, 5.74) is 3.08. The lowest BCUT2D eigenvalue weighted by molar-refractivity contribution is -0.658. The van der Waals surface area contributed by atoms with Crippen molar-refractivity contribution in [3.8, 4) is 39.9 Å². The number of methoxy groups -OCH3 is 3. The van der Waals surface area contributed by atoms with Gasteiger partial charge in [-0.05, 0) is 36.4 Å². The number of H-pyrrole nitrogens is 1. The second kappa shape index (κ2) is 6.66. The smallest absolute Gasteiger partial charge is 0.287 e. The largest absolute Gasteiger partial charge is 0.497 e. The monoisotopic (exact) mass is 325 g/mol. The van der Waals surface area contributed by atoms with Crippen LogP contribution in [-0.4, -0.2) is 26.3 Å². The van der Waals surface area contributed by atoms with Gasteiger partial charge in [-0.1, -0.05) is 6.07 Å². The first kappa shape index (κ1) is 15.9. The lowest BCUT2D eigenvalue weighted by atomic mass is 10.1. The van der Waals surface area contributed by atoms with Gasteiger partial charge in [0.05, 0.1) is 33.9 Å². The van der Waals surface area contributed by atoms with Gasteiger partial charge in [-0.3, -0.25) is 0 Å². The van der Waals surface area contributed by atoms with E-state index in [1.54, 1.807) is 21.3 Å². The van der Waals surface area contributed by atoms with Gasteiger partial charge in [-0.25, -0.2) is 9.55 Å². The minimum atomic E-state index is 0.704. The molecule has 0 aliphatic heterocycles. The van der Waals surface area contributed by atoms with E-state index in [0.29, 0.717) is 11.5 Å². The van der Waals surface area contributed by atoms with Gasteiger partial charge < -0.3 is 14.2 Å². The van der Waals surface area contributed by atoms with Crippen LogP contribution < -0.4 is 18.8 Å². The van der Waals surface area contributed by atoms with Crippen LogP contribution in [0.15, 0.2) is 48.7 Å². The molecule has 0 aliphatic carbocycles. The van der Waals surface area contributed by atoms with E-state index in [1.165, 1.54) is 0 Å². The molecule has 3 rings (SSSR count). The molecule has 24 heavy (non-hydrogen) atoms. The highest BCUT2D eigenvalue weighted by Crippen LogP contribution is 2.32. The van der Waals surface area contributed by atoms with Crippen molar-refractivity contribution in [1.82, 2.24) is 4.98 Å². The van der Waals surface area contributed by atoms with Crippen LogP contribution in [0, 0.1) is 0 Å². The maximum absolute atomic E-state index is 5.39. The zero-order valence-electron chi connectivity index (χ0n) is 14.3. The van der Waals surface area contributed by atoms with Crippen LogP contribution in [-0.2, 0) is 7.05 Å². The average molecular weight is 325 g/mol. The van der Waals surface area contributed by atoms with Gasteiger partial charge in [0, 0.05) is 5.56 Å². The summed E-state index contributed by atoms with van der Waals surface area (Å²) >= 11 is 0. The predicted octanol–water partition coefficient (Wildman–Crippen LogP) is 3.20. The van der Waals surface area contributed by atoms with E-state index in [0.717, 1.165) is 28.4 Å². The SMILES string of the molecule is COc1cccc(-c2[nH]c(-c3ccc(OC)c(OC)c3)c[n+]2C)c1.